The highest BCUT2D eigenvalue weighted by Crippen LogP contribution is 2.36. The summed E-state index contributed by atoms with van der Waals surface area (Å²) in [5.41, 5.74) is 3.22. The van der Waals surface area contributed by atoms with E-state index in [2.05, 4.69) is 46.6 Å². The first-order valence-corrected chi connectivity index (χ1v) is 10.0. The van der Waals surface area contributed by atoms with Gasteiger partial charge in [0.05, 0.1) is 6.61 Å². The van der Waals surface area contributed by atoms with Crippen LogP contribution in [0.15, 0.2) is 48.5 Å². The fraction of sp³-hybridized carbons (Fsp3) is 0.435. The van der Waals surface area contributed by atoms with Gasteiger partial charge in [-0.25, -0.2) is 0 Å². The number of carbonyl (C=O) groups is 1. The van der Waals surface area contributed by atoms with Gasteiger partial charge in [-0.1, -0.05) is 42.5 Å². The van der Waals surface area contributed by atoms with Gasteiger partial charge in [-0.3, -0.25) is 9.69 Å². The smallest absolute Gasteiger partial charge is 0.241 e. The highest BCUT2D eigenvalue weighted by atomic mass is 16.5. The second kappa shape index (κ2) is 7.73. The van der Waals surface area contributed by atoms with Crippen molar-refractivity contribution in [3.8, 4) is 5.75 Å². The van der Waals surface area contributed by atoms with Crippen LogP contribution in [0.25, 0.3) is 0 Å². The van der Waals surface area contributed by atoms with Gasteiger partial charge in [-0.15, -0.1) is 0 Å². The zero-order valence-electron chi connectivity index (χ0n) is 16.0. The number of nitrogens with zero attached hydrogens (tertiary/aromatic N) is 1. The van der Waals surface area contributed by atoms with E-state index in [1.807, 2.05) is 19.1 Å². The average Bonchev–Trinajstić information content (AvgIpc) is 2.83. The quantitative estimate of drug-likeness (QED) is 0.900. The Morgan fingerprint density at radius 1 is 1.07 bits per heavy atom. The number of fused-ring (bicyclic) bond motifs is 1. The van der Waals surface area contributed by atoms with Crippen LogP contribution < -0.4 is 10.1 Å². The minimum Gasteiger partial charge on any atom is -0.494 e. The molecular formula is C23H28N2O2. The summed E-state index contributed by atoms with van der Waals surface area (Å²) in [6.07, 6.45) is 3.92. The molecule has 1 atom stereocenters. The molecule has 4 nitrogen and oxygen atoms in total. The van der Waals surface area contributed by atoms with E-state index in [4.69, 9.17) is 4.74 Å². The molecule has 1 amide bonds. The number of amides is 1. The van der Waals surface area contributed by atoms with E-state index in [1.165, 1.54) is 11.1 Å². The number of para-hydroxylation sites is 1. The number of hydrogen-bond donors (Lipinski definition) is 1. The van der Waals surface area contributed by atoms with Crippen LogP contribution in [0.1, 0.15) is 42.9 Å². The lowest BCUT2D eigenvalue weighted by Crippen LogP contribution is -2.60. The molecule has 27 heavy (non-hydrogen) atoms. The van der Waals surface area contributed by atoms with Crippen molar-refractivity contribution >= 4 is 5.91 Å². The molecule has 0 radical (unpaired) electrons. The number of likely N-dealkylation sites (tertiary alicyclic amines) is 1. The monoisotopic (exact) mass is 364 g/mol. The lowest BCUT2D eigenvalue weighted by molar-refractivity contribution is -0.136. The molecule has 4 heteroatoms. The summed E-state index contributed by atoms with van der Waals surface area (Å²) < 4.78 is 5.83. The normalized spacial score (nSPS) is 22.8. The number of piperidine rings is 1. The molecule has 2 aromatic rings. The van der Waals surface area contributed by atoms with Crippen molar-refractivity contribution in [1.82, 2.24) is 10.2 Å². The minimum atomic E-state index is -0.468. The van der Waals surface area contributed by atoms with Gasteiger partial charge in [0, 0.05) is 25.1 Å². The second-order valence-electron chi connectivity index (χ2n) is 7.58. The molecule has 1 saturated heterocycles. The first-order valence-electron chi connectivity index (χ1n) is 10.0. The van der Waals surface area contributed by atoms with Gasteiger partial charge in [0.15, 0.2) is 0 Å². The van der Waals surface area contributed by atoms with Gasteiger partial charge >= 0.3 is 0 Å². The maximum atomic E-state index is 13.3. The lowest BCUT2D eigenvalue weighted by Gasteiger charge is -2.45. The van der Waals surface area contributed by atoms with E-state index in [0.29, 0.717) is 13.2 Å². The number of carbonyl (C=O) groups excluding carboxylic acids is 1. The molecular weight excluding hydrogens is 336 g/mol. The average molecular weight is 364 g/mol. The number of hydrogen-bond acceptors (Lipinski definition) is 3. The van der Waals surface area contributed by atoms with Crippen LogP contribution in [0.4, 0.5) is 0 Å². The maximum absolute atomic E-state index is 13.3. The van der Waals surface area contributed by atoms with Crippen LogP contribution in [0, 0.1) is 0 Å². The largest absolute Gasteiger partial charge is 0.494 e. The fourth-order valence-corrected chi connectivity index (χ4v) is 4.55. The van der Waals surface area contributed by atoms with Crippen molar-refractivity contribution in [3.63, 3.8) is 0 Å². The Kier molecular flexibility index (Phi) is 5.17. The predicted molar refractivity (Wildman–Crippen MR) is 107 cm³/mol. The molecule has 0 aromatic heterocycles. The summed E-state index contributed by atoms with van der Waals surface area (Å²) in [5, 5.41) is 3.20. The predicted octanol–water partition coefficient (Wildman–Crippen LogP) is 3.68. The van der Waals surface area contributed by atoms with Gasteiger partial charge in [0.1, 0.15) is 11.3 Å². The van der Waals surface area contributed by atoms with E-state index in [-0.39, 0.29) is 5.91 Å². The molecule has 0 saturated carbocycles. The highest BCUT2D eigenvalue weighted by Gasteiger charge is 2.46. The van der Waals surface area contributed by atoms with Crippen LogP contribution in [0.3, 0.4) is 0 Å². The third-order valence-electron chi connectivity index (χ3n) is 5.97. The van der Waals surface area contributed by atoms with E-state index in [1.54, 1.807) is 0 Å². The zero-order valence-corrected chi connectivity index (χ0v) is 16.0. The Morgan fingerprint density at radius 3 is 2.70 bits per heavy atom. The van der Waals surface area contributed by atoms with Crippen molar-refractivity contribution in [2.75, 3.05) is 13.2 Å². The van der Waals surface area contributed by atoms with Gasteiger partial charge in [0.25, 0.3) is 0 Å². The van der Waals surface area contributed by atoms with Gasteiger partial charge in [0.2, 0.25) is 5.91 Å². The van der Waals surface area contributed by atoms with Gasteiger partial charge < -0.3 is 10.1 Å². The Balaban J connectivity index is 1.68. The van der Waals surface area contributed by atoms with Crippen molar-refractivity contribution < 1.29 is 9.53 Å². The molecule has 2 heterocycles. The van der Waals surface area contributed by atoms with Crippen molar-refractivity contribution in [2.45, 2.75) is 51.2 Å². The van der Waals surface area contributed by atoms with E-state index in [0.717, 1.165) is 50.1 Å². The van der Waals surface area contributed by atoms with Crippen molar-refractivity contribution in [1.29, 1.82) is 0 Å². The number of rotatable bonds is 4. The van der Waals surface area contributed by atoms with Crippen LogP contribution in [-0.2, 0) is 24.3 Å². The zero-order chi connectivity index (χ0) is 18.7. The van der Waals surface area contributed by atoms with Crippen LogP contribution in [0.5, 0.6) is 5.75 Å². The first kappa shape index (κ1) is 18.1. The molecule has 142 valence electrons. The van der Waals surface area contributed by atoms with Gasteiger partial charge in [-0.2, -0.15) is 0 Å². The number of benzene rings is 2. The molecule has 2 aliphatic rings. The first-order chi connectivity index (χ1) is 13.2. The minimum absolute atomic E-state index is 0.173. The maximum Gasteiger partial charge on any atom is 0.241 e. The number of ether oxygens (including phenoxy) is 1. The van der Waals surface area contributed by atoms with E-state index in [9.17, 15) is 4.79 Å². The van der Waals surface area contributed by atoms with Crippen molar-refractivity contribution in [3.05, 3.63) is 65.2 Å². The molecule has 2 aliphatic heterocycles. The fourth-order valence-electron chi connectivity index (χ4n) is 4.55. The molecule has 0 bridgehead atoms. The second-order valence-corrected chi connectivity index (χ2v) is 7.58. The molecule has 0 aliphatic carbocycles. The van der Waals surface area contributed by atoms with Crippen molar-refractivity contribution in [2.24, 2.45) is 0 Å². The highest BCUT2D eigenvalue weighted by molar-refractivity contribution is 5.87. The third kappa shape index (κ3) is 3.46. The lowest BCUT2D eigenvalue weighted by atomic mass is 9.80. The summed E-state index contributed by atoms with van der Waals surface area (Å²) >= 11 is 0. The summed E-state index contributed by atoms with van der Waals surface area (Å²) in [6, 6.07) is 16.7. The summed E-state index contributed by atoms with van der Waals surface area (Å²) in [4.78, 5) is 15.7. The van der Waals surface area contributed by atoms with E-state index >= 15 is 0 Å². The topological polar surface area (TPSA) is 41.6 Å². The van der Waals surface area contributed by atoms with Crippen LogP contribution in [-0.4, -0.2) is 29.5 Å². The molecule has 4 rings (SSSR count). The Morgan fingerprint density at radius 2 is 1.85 bits per heavy atom. The summed E-state index contributed by atoms with van der Waals surface area (Å²) in [5.74, 6) is 1.10. The Hall–Kier alpha value is -2.33. The molecule has 1 fully saturated rings. The molecule has 2 aromatic carbocycles. The SMILES string of the molecule is CCOc1ccccc1CN1CCCCC12Cc1ccccc1CNC2=O. The Labute approximate surface area is 161 Å². The standard InChI is InChI=1S/C23H28N2O2/c1-2-27-21-12-6-5-11-20(21)17-25-14-8-7-13-23(25)15-18-9-3-4-10-19(18)16-24-22(23)26/h3-6,9-12H,2,7-8,13-17H2,1H3,(H,24,26). The van der Waals surface area contributed by atoms with E-state index < -0.39 is 5.54 Å². The number of nitrogens with one attached hydrogen (secondary N) is 1. The Bertz CT molecular complexity index is 820. The van der Waals surface area contributed by atoms with Gasteiger partial charge in [-0.05, 0) is 49.9 Å². The molecule has 1 unspecified atom stereocenters. The molecule has 1 spiro atoms. The van der Waals surface area contributed by atoms with Crippen LogP contribution in [0.2, 0.25) is 0 Å². The third-order valence-corrected chi connectivity index (χ3v) is 5.97. The summed E-state index contributed by atoms with van der Waals surface area (Å²) in [6.45, 7) is 4.97. The van der Waals surface area contributed by atoms with Crippen LogP contribution >= 0.6 is 0 Å². The molecule has 1 N–H and O–H groups in total. The summed E-state index contributed by atoms with van der Waals surface area (Å²) in [7, 11) is 0.